The van der Waals surface area contributed by atoms with Crippen LogP contribution in [0.25, 0.3) is 11.3 Å². The van der Waals surface area contributed by atoms with Gasteiger partial charge in [-0.15, -0.1) is 0 Å². The molecule has 0 radical (unpaired) electrons. The lowest BCUT2D eigenvalue weighted by molar-refractivity contribution is 0.0747. The summed E-state index contributed by atoms with van der Waals surface area (Å²) < 4.78 is 7.13. The van der Waals surface area contributed by atoms with E-state index in [9.17, 15) is 9.90 Å². The Morgan fingerprint density at radius 3 is 2.37 bits per heavy atom. The molecule has 3 aromatic carbocycles. The molecule has 5 rings (SSSR count). The Morgan fingerprint density at radius 2 is 1.69 bits per heavy atom. The Labute approximate surface area is 204 Å². The number of benzene rings is 3. The van der Waals surface area contributed by atoms with Crippen molar-refractivity contribution in [2.75, 3.05) is 38.2 Å². The first kappa shape index (κ1) is 22.5. The first-order valence-electron chi connectivity index (χ1n) is 11.7. The summed E-state index contributed by atoms with van der Waals surface area (Å²) in [5.74, 6) is 0.982. The molecule has 178 valence electrons. The fourth-order valence-corrected chi connectivity index (χ4v) is 4.42. The van der Waals surface area contributed by atoms with Gasteiger partial charge in [-0.1, -0.05) is 36.4 Å². The van der Waals surface area contributed by atoms with Crippen molar-refractivity contribution in [1.82, 2.24) is 14.7 Å². The van der Waals surface area contributed by atoms with Crippen molar-refractivity contribution in [3.63, 3.8) is 0 Å². The van der Waals surface area contributed by atoms with Gasteiger partial charge < -0.3 is 19.6 Å². The zero-order valence-corrected chi connectivity index (χ0v) is 19.7. The van der Waals surface area contributed by atoms with Crippen LogP contribution in [0.5, 0.6) is 11.5 Å². The van der Waals surface area contributed by atoms with Crippen molar-refractivity contribution in [2.24, 2.45) is 0 Å². The minimum absolute atomic E-state index is 0.0225. The number of rotatable bonds is 6. The van der Waals surface area contributed by atoms with Crippen molar-refractivity contribution < 1.29 is 14.6 Å². The van der Waals surface area contributed by atoms with E-state index >= 15 is 0 Å². The lowest BCUT2D eigenvalue weighted by atomic mass is 10.1. The average Bonchev–Trinajstić information content (AvgIpc) is 3.32. The number of aromatic hydroxyl groups is 1. The zero-order valence-electron chi connectivity index (χ0n) is 19.7. The number of nitrogens with zero attached hydrogens (tertiary/aromatic N) is 4. The third-order valence-corrected chi connectivity index (χ3v) is 6.30. The van der Waals surface area contributed by atoms with Crippen LogP contribution in [0.3, 0.4) is 0 Å². The lowest BCUT2D eigenvalue weighted by Crippen LogP contribution is -2.48. The summed E-state index contributed by atoms with van der Waals surface area (Å²) in [4.78, 5) is 17.7. The van der Waals surface area contributed by atoms with E-state index in [-0.39, 0.29) is 11.7 Å². The molecule has 0 saturated carbocycles. The molecule has 1 aliphatic heterocycles. The van der Waals surface area contributed by atoms with E-state index in [1.54, 1.807) is 19.2 Å². The van der Waals surface area contributed by atoms with Gasteiger partial charge in [-0.2, -0.15) is 5.10 Å². The molecular weight excluding hydrogens is 440 g/mol. The number of aromatic nitrogens is 2. The molecular formula is C28H28N4O3. The third kappa shape index (κ3) is 4.99. The van der Waals surface area contributed by atoms with E-state index in [0.29, 0.717) is 44.0 Å². The number of anilines is 1. The number of carbonyl (C=O) groups is 1. The first-order chi connectivity index (χ1) is 17.1. The Morgan fingerprint density at radius 1 is 0.943 bits per heavy atom. The number of piperazine rings is 1. The molecule has 0 unspecified atom stereocenters. The zero-order chi connectivity index (χ0) is 24.2. The van der Waals surface area contributed by atoms with Gasteiger partial charge in [0, 0.05) is 49.7 Å². The maximum Gasteiger partial charge on any atom is 0.257 e. The molecule has 7 heteroatoms. The predicted molar refractivity (Wildman–Crippen MR) is 136 cm³/mol. The van der Waals surface area contributed by atoms with Crippen LogP contribution in [-0.2, 0) is 6.54 Å². The van der Waals surface area contributed by atoms with Crippen molar-refractivity contribution in [3.8, 4) is 22.8 Å². The summed E-state index contributed by atoms with van der Waals surface area (Å²) in [6, 6.07) is 25.0. The fourth-order valence-electron chi connectivity index (χ4n) is 4.42. The number of methoxy groups -OCH3 is 1. The molecule has 1 aliphatic rings. The quantitative estimate of drug-likeness (QED) is 0.458. The second-order valence-corrected chi connectivity index (χ2v) is 8.60. The van der Waals surface area contributed by atoms with Crippen molar-refractivity contribution in [1.29, 1.82) is 0 Å². The van der Waals surface area contributed by atoms with Gasteiger partial charge in [-0.3, -0.25) is 9.48 Å². The van der Waals surface area contributed by atoms with Gasteiger partial charge in [0.15, 0.2) is 0 Å². The van der Waals surface area contributed by atoms with Crippen LogP contribution in [0.1, 0.15) is 15.9 Å². The van der Waals surface area contributed by atoms with Gasteiger partial charge in [0.2, 0.25) is 0 Å². The monoisotopic (exact) mass is 468 g/mol. The van der Waals surface area contributed by atoms with Gasteiger partial charge in [0.05, 0.1) is 19.2 Å². The van der Waals surface area contributed by atoms with Crippen LogP contribution in [0.15, 0.2) is 85.1 Å². The van der Waals surface area contributed by atoms with Crippen LogP contribution in [0.4, 0.5) is 5.69 Å². The molecule has 0 spiro atoms. The van der Waals surface area contributed by atoms with Gasteiger partial charge in [0.1, 0.15) is 17.2 Å². The molecule has 7 nitrogen and oxygen atoms in total. The van der Waals surface area contributed by atoms with Crippen LogP contribution in [0, 0.1) is 0 Å². The third-order valence-electron chi connectivity index (χ3n) is 6.30. The first-order valence-corrected chi connectivity index (χ1v) is 11.7. The lowest BCUT2D eigenvalue weighted by Gasteiger charge is -2.36. The van der Waals surface area contributed by atoms with Gasteiger partial charge in [-0.05, 0) is 42.0 Å². The maximum absolute atomic E-state index is 13.7. The molecule has 35 heavy (non-hydrogen) atoms. The largest absolute Gasteiger partial charge is 0.508 e. The molecule has 1 aromatic heterocycles. The Hall–Kier alpha value is -4.26. The molecule has 1 amide bonds. The minimum Gasteiger partial charge on any atom is -0.508 e. The van der Waals surface area contributed by atoms with E-state index in [1.165, 1.54) is 0 Å². The standard InChI is InChI=1S/C28H28N4O3/c1-35-25-12-10-22(11-13-25)27-26(20-32(29-27)19-21-6-3-2-4-7-21)28(34)31-16-14-30(15-17-31)23-8-5-9-24(33)18-23/h2-13,18,20,33H,14-17,19H2,1H3. The summed E-state index contributed by atoms with van der Waals surface area (Å²) in [5.41, 5.74) is 4.22. The highest BCUT2D eigenvalue weighted by Gasteiger charge is 2.26. The van der Waals surface area contributed by atoms with E-state index < -0.39 is 0 Å². The molecule has 1 fully saturated rings. The molecule has 4 aromatic rings. The van der Waals surface area contributed by atoms with E-state index in [2.05, 4.69) is 17.0 Å². The fraction of sp³-hybridized carbons (Fsp3) is 0.214. The Kier molecular flexibility index (Phi) is 6.39. The van der Waals surface area contributed by atoms with Gasteiger partial charge >= 0.3 is 0 Å². The molecule has 0 atom stereocenters. The summed E-state index contributed by atoms with van der Waals surface area (Å²) >= 11 is 0. The number of hydrogen-bond donors (Lipinski definition) is 1. The molecule has 2 heterocycles. The maximum atomic E-state index is 13.7. The molecule has 0 bridgehead atoms. The summed E-state index contributed by atoms with van der Waals surface area (Å²) in [5, 5.41) is 14.6. The summed E-state index contributed by atoms with van der Waals surface area (Å²) in [7, 11) is 1.63. The van der Waals surface area contributed by atoms with Gasteiger partial charge in [0.25, 0.3) is 5.91 Å². The number of phenols is 1. The molecule has 1 saturated heterocycles. The Bertz CT molecular complexity index is 1290. The van der Waals surface area contributed by atoms with Crippen molar-refractivity contribution in [2.45, 2.75) is 6.54 Å². The number of hydrogen-bond acceptors (Lipinski definition) is 5. The highest BCUT2D eigenvalue weighted by atomic mass is 16.5. The smallest absolute Gasteiger partial charge is 0.257 e. The Balaban J connectivity index is 1.39. The van der Waals surface area contributed by atoms with Crippen LogP contribution >= 0.6 is 0 Å². The van der Waals surface area contributed by atoms with Crippen molar-refractivity contribution >= 4 is 11.6 Å². The number of amides is 1. The van der Waals surface area contributed by atoms with Crippen LogP contribution in [-0.4, -0.2) is 59.0 Å². The summed E-state index contributed by atoms with van der Waals surface area (Å²) in [6.07, 6.45) is 1.86. The topological polar surface area (TPSA) is 70.8 Å². The van der Waals surface area contributed by atoms with E-state index in [4.69, 9.17) is 9.84 Å². The van der Waals surface area contributed by atoms with Gasteiger partial charge in [-0.25, -0.2) is 0 Å². The SMILES string of the molecule is COc1ccc(-c2nn(Cc3ccccc3)cc2C(=O)N2CCN(c3cccc(O)c3)CC2)cc1. The highest BCUT2D eigenvalue weighted by molar-refractivity contribution is 6.00. The molecule has 1 N–H and O–H groups in total. The normalized spacial score (nSPS) is 13.6. The highest BCUT2D eigenvalue weighted by Crippen LogP contribution is 2.27. The molecule has 0 aliphatic carbocycles. The van der Waals surface area contributed by atoms with Crippen molar-refractivity contribution in [3.05, 3.63) is 96.2 Å². The minimum atomic E-state index is -0.0225. The predicted octanol–water partition coefficient (Wildman–Crippen LogP) is 4.28. The van der Waals surface area contributed by atoms with E-state index in [1.807, 2.05) is 70.4 Å². The van der Waals surface area contributed by atoms with Crippen LogP contribution < -0.4 is 9.64 Å². The number of carbonyl (C=O) groups excluding carboxylic acids is 1. The van der Waals surface area contributed by atoms with E-state index in [0.717, 1.165) is 22.6 Å². The number of phenolic OH excluding ortho intramolecular Hbond substituents is 1. The van der Waals surface area contributed by atoms with Crippen LogP contribution in [0.2, 0.25) is 0 Å². The summed E-state index contributed by atoms with van der Waals surface area (Å²) in [6.45, 7) is 3.18. The number of ether oxygens (including phenoxy) is 1. The average molecular weight is 469 g/mol. The second kappa shape index (κ2) is 9.93. The second-order valence-electron chi connectivity index (χ2n) is 8.60.